The Hall–Kier alpha value is -2.07. The van der Waals surface area contributed by atoms with Crippen LogP contribution in [-0.2, 0) is 6.42 Å². The van der Waals surface area contributed by atoms with Gasteiger partial charge in [-0.25, -0.2) is 4.98 Å². The molecule has 2 aromatic rings. The van der Waals surface area contributed by atoms with Crippen LogP contribution in [0, 0.1) is 11.3 Å². The second-order valence-corrected chi connectivity index (χ2v) is 6.76. The molecule has 0 spiro atoms. The van der Waals surface area contributed by atoms with E-state index >= 15 is 0 Å². The highest BCUT2D eigenvalue weighted by atomic mass is 32.2. The minimum Gasteiger partial charge on any atom is -0.384 e. The summed E-state index contributed by atoms with van der Waals surface area (Å²) in [6.45, 7) is 0.847. The predicted molar refractivity (Wildman–Crippen MR) is 95.1 cm³/mol. The van der Waals surface area contributed by atoms with Crippen molar-refractivity contribution in [3.05, 3.63) is 29.8 Å². The Labute approximate surface area is 146 Å². The van der Waals surface area contributed by atoms with Crippen LogP contribution in [0.25, 0.3) is 0 Å². The molecule has 0 unspecified atom stereocenters. The third-order valence-corrected chi connectivity index (χ3v) is 5.04. The number of hydrogen-bond donors (Lipinski definition) is 1. The highest BCUT2D eigenvalue weighted by Crippen LogP contribution is 2.33. The number of pyridine rings is 1. The molecular weight excluding hydrogens is 320 g/mol. The molecule has 126 valence electrons. The number of aryl methyl sites for hydroxylation is 1. The van der Waals surface area contributed by atoms with E-state index in [1.54, 1.807) is 24.0 Å². The number of anilines is 1. The van der Waals surface area contributed by atoms with Crippen LogP contribution in [-0.4, -0.2) is 32.5 Å². The molecule has 1 aliphatic carbocycles. The Morgan fingerprint density at radius 1 is 1.33 bits per heavy atom. The highest BCUT2D eigenvalue weighted by molar-refractivity contribution is 7.98. The standard InChI is InChI=1S/C17H22N6S/c1-24-17-22-21-16(23(17)15-5-2-3-6-15)7-4-10-19-14-9-8-13(11-18)20-12-14/h8-9,12,15,19H,2-7,10H2,1H3. The van der Waals surface area contributed by atoms with Crippen molar-refractivity contribution in [2.45, 2.75) is 49.7 Å². The van der Waals surface area contributed by atoms with Crippen molar-refractivity contribution >= 4 is 17.4 Å². The molecule has 3 rings (SSSR count). The fourth-order valence-electron chi connectivity index (χ4n) is 3.19. The van der Waals surface area contributed by atoms with Crippen molar-refractivity contribution in [1.82, 2.24) is 19.7 Å². The van der Waals surface area contributed by atoms with Gasteiger partial charge in [-0.3, -0.25) is 0 Å². The fraction of sp³-hybridized carbons (Fsp3) is 0.529. The highest BCUT2D eigenvalue weighted by Gasteiger charge is 2.23. The van der Waals surface area contributed by atoms with Crippen molar-refractivity contribution < 1.29 is 0 Å². The van der Waals surface area contributed by atoms with E-state index in [1.165, 1.54) is 25.7 Å². The maximum absolute atomic E-state index is 8.76. The minimum absolute atomic E-state index is 0.440. The molecule has 2 aromatic heterocycles. The Morgan fingerprint density at radius 2 is 2.17 bits per heavy atom. The Morgan fingerprint density at radius 3 is 2.83 bits per heavy atom. The number of aromatic nitrogens is 4. The van der Waals surface area contributed by atoms with Crippen LogP contribution in [0.15, 0.2) is 23.5 Å². The first-order chi connectivity index (χ1) is 11.8. The van der Waals surface area contributed by atoms with Crippen LogP contribution in [0.5, 0.6) is 0 Å². The molecule has 1 fully saturated rings. The lowest BCUT2D eigenvalue weighted by Crippen LogP contribution is -2.12. The molecule has 0 atom stereocenters. The van der Waals surface area contributed by atoms with Crippen molar-refractivity contribution in [2.75, 3.05) is 18.1 Å². The van der Waals surface area contributed by atoms with Crippen LogP contribution < -0.4 is 5.32 Å². The van der Waals surface area contributed by atoms with Crippen LogP contribution in [0.3, 0.4) is 0 Å². The van der Waals surface area contributed by atoms with Gasteiger partial charge in [-0.1, -0.05) is 24.6 Å². The summed E-state index contributed by atoms with van der Waals surface area (Å²) >= 11 is 1.68. The quantitative estimate of drug-likeness (QED) is 0.613. The van der Waals surface area contributed by atoms with Gasteiger partial charge >= 0.3 is 0 Å². The average Bonchev–Trinajstić information content (AvgIpc) is 3.28. The largest absolute Gasteiger partial charge is 0.384 e. The normalized spacial score (nSPS) is 14.7. The molecule has 0 saturated heterocycles. The lowest BCUT2D eigenvalue weighted by atomic mass is 10.2. The summed E-state index contributed by atoms with van der Waals surface area (Å²) in [5, 5.41) is 21.9. The molecule has 0 amide bonds. The molecule has 1 aliphatic rings. The lowest BCUT2D eigenvalue weighted by molar-refractivity contribution is 0.461. The van der Waals surface area contributed by atoms with Crippen LogP contribution in [0.4, 0.5) is 5.69 Å². The molecular formula is C17H22N6S. The van der Waals surface area contributed by atoms with Gasteiger partial charge in [-0.05, 0) is 37.7 Å². The summed E-state index contributed by atoms with van der Waals surface area (Å²) in [6, 6.07) is 6.22. The van der Waals surface area contributed by atoms with E-state index in [2.05, 4.69) is 31.3 Å². The summed E-state index contributed by atoms with van der Waals surface area (Å²) in [6.07, 6.45) is 10.8. The summed E-state index contributed by atoms with van der Waals surface area (Å²) in [7, 11) is 0. The third-order valence-electron chi connectivity index (χ3n) is 4.39. The van der Waals surface area contributed by atoms with Gasteiger partial charge in [0.2, 0.25) is 0 Å². The summed E-state index contributed by atoms with van der Waals surface area (Å²) in [5.41, 5.74) is 1.38. The molecule has 0 aliphatic heterocycles. The Balaban J connectivity index is 1.54. The number of hydrogen-bond acceptors (Lipinski definition) is 6. The lowest BCUT2D eigenvalue weighted by Gasteiger charge is -2.16. The second kappa shape index (κ2) is 8.15. The summed E-state index contributed by atoms with van der Waals surface area (Å²) in [5.74, 6) is 1.10. The average molecular weight is 342 g/mol. The van der Waals surface area contributed by atoms with Gasteiger partial charge in [0.05, 0.1) is 11.9 Å². The summed E-state index contributed by atoms with van der Waals surface area (Å²) in [4.78, 5) is 4.06. The Kier molecular flexibility index (Phi) is 5.70. The van der Waals surface area contributed by atoms with E-state index in [9.17, 15) is 0 Å². The zero-order valence-electron chi connectivity index (χ0n) is 13.9. The third kappa shape index (κ3) is 3.88. The number of thioether (sulfide) groups is 1. The van der Waals surface area contributed by atoms with Crippen molar-refractivity contribution in [3.63, 3.8) is 0 Å². The van der Waals surface area contributed by atoms with Gasteiger partial charge in [0.1, 0.15) is 17.6 Å². The fourth-order valence-corrected chi connectivity index (χ4v) is 3.76. The molecule has 1 saturated carbocycles. The van der Waals surface area contributed by atoms with Crippen molar-refractivity contribution in [2.24, 2.45) is 0 Å². The van der Waals surface area contributed by atoms with Gasteiger partial charge in [0.15, 0.2) is 5.16 Å². The van der Waals surface area contributed by atoms with Gasteiger partial charge < -0.3 is 9.88 Å². The van der Waals surface area contributed by atoms with Gasteiger partial charge in [0, 0.05) is 19.0 Å². The number of nitrogens with one attached hydrogen (secondary N) is 1. The van der Waals surface area contributed by atoms with Crippen molar-refractivity contribution in [3.8, 4) is 6.07 Å². The van der Waals surface area contributed by atoms with E-state index in [4.69, 9.17) is 5.26 Å². The molecule has 24 heavy (non-hydrogen) atoms. The number of rotatable bonds is 7. The number of nitriles is 1. The molecule has 2 heterocycles. The number of nitrogens with zero attached hydrogens (tertiary/aromatic N) is 5. The maximum atomic E-state index is 8.76. The van der Waals surface area contributed by atoms with E-state index < -0.39 is 0 Å². The minimum atomic E-state index is 0.440. The molecule has 1 N–H and O–H groups in total. The molecule has 0 bridgehead atoms. The monoisotopic (exact) mass is 342 g/mol. The zero-order chi connectivity index (χ0) is 16.8. The van der Waals surface area contributed by atoms with Crippen LogP contribution >= 0.6 is 11.8 Å². The first kappa shape index (κ1) is 16.8. The zero-order valence-corrected chi connectivity index (χ0v) is 14.7. The van der Waals surface area contributed by atoms with Gasteiger partial charge in [0.25, 0.3) is 0 Å². The van der Waals surface area contributed by atoms with Gasteiger partial charge in [-0.2, -0.15) is 5.26 Å². The predicted octanol–water partition coefficient (Wildman–Crippen LogP) is 3.43. The van der Waals surface area contributed by atoms with E-state index in [0.29, 0.717) is 11.7 Å². The van der Waals surface area contributed by atoms with Crippen molar-refractivity contribution in [1.29, 1.82) is 5.26 Å². The molecule has 7 heteroatoms. The first-order valence-electron chi connectivity index (χ1n) is 8.39. The molecule has 0 radical (unpaired) electrons. The molecule has 0 aromatic carbocycles. The summed E-state index contributed by atoms with van der Waals surface area (Å²) < 4.78 is 2.36. The van der Waals surface area contributed by atoms with E-state index in [-0.39, 0.29) is 0 Å². The second-order valence-electron chi connectivity index (χ2n) is 5.99. The van der Waals surface area contributed by atoms with Crippen LogP contribution in [0.2, 0.25) is 0 Å². The smallest absolute Gasteiger partial charge is 0.191 e. The molecule has 6 nitrogen and oxygen atoms in total. The first-order valence-corrected chi connectivity index (χ1v) is 9.62. The van der Waals surface area contributed by atoms with E-state index in [0.717, 1.165) is 36.1 Å². The SMILES string of the molecule is CSc1nnc(CCCNc2ccc(C#N)nc2)n1C1CCCC1. The maximum Gasteiger partial charge on any atom is 0.191 e. The Bertz CT molecular complexity index is 697. The van der Waals surface area contributed by atoms with Crippen LogP contribution in [0.1, 0.15) is 49.7 Å². The van der Waals surface area contributed by atoms with Gasteiger partial charge in [-0.15, -0.1) is 10.2 Å². The topological polar surface area (TPSA) is 79.4 Å². The van der Waals surface area contributed by atoms with E-state index in [1.807, 2.05) is 12.1 Å².